The molecule has 188 valence electrons. The zero-order chi connectivity index (χ0) is 25.4. The van der Waals surface area contributed by atoms with Gasteiger partial charge in [0, 0.05) is 31.6 Å². The predicted octanol–water partition coefficient (Wildman–Crippen LogP) is 3.92. The molecule has 1 aliphatic heterocycles. The van der Waals surface area contributed by atoms with Gasteiger partial charge in [0.1, 0.15) is 17.6 Å². The van der Waals surface area contributed by atoms with Crippen molar-refractivity contribution in [1.82, 2.24) is 5.32 Å². The van der Waals surface area contributed by atoms with Gasteiger partial charge in [-0.3, -0.25) is 4.79 Å². The van der Waals surface area contributed by atoms with Gasteiger partial charge in [0.25, 0.3) is 5.91 Å². The van der Waals surface area contributed by atoms with Crippen molar-refractivity contribution in [2.75, 3.05) is 20.3 Å². The minimum Gasteiger partial charge on any atom is -0.497 e. The highest BCUT2D eigenvalue weighted by molar-refractivity contribution is 6.00. The van der Waals surface area contributed by atoms with Crippen molar-refractivity contribution in [1.29, 1.82) is 0 Å². The number of ether oxygens (including phenoxy) is 3. The van der Waals surface area contributed by atoms with Crippen LogP contribution >= 0.6 is 0 Å². The molecule has 3 aromatic carbocycles. The lowest BCUT2D eigenvalue weighted by atomic mass is 9.86. The summed E-state index contributed by atoms with van der Waals surface area (Å²) in [5.41, 5.74) is 1.63. The van der Waals surface area contributed by atoms with E-state index in [1.165, 1.54) is 0 Å². The standard InChI is InChI=1S/C29H32N2O5/c1-21-29(19-22-7-4-3-5-8-22,28(33)30-20-23-9-13-25(34-2)14-10-23)31-27(36-21)24-11-15-26(16-12-24)35-18-6-17-32/h3-5,7-16,21,32H,6,17-20H2,1-2H3,(H,30,33)/t21-,29-/m1/s1. The number of carbonyl (C=O) groups is 1. The number of hydrogen-bond acceptors (Lipinski definition) is 6. The van der Waals surface area contributed by atoms with Crippen LogP contribution in [-0.2, 0) is 22.5 Å². The van der Waals surface area contributed by atoms with Crippen LogP contribution in [0.4, 0.5) is 0 Å². The molecule has 4 rings (SSSR count). The fourth-order valence-corrected chi connectivity index (χ4v) is 4.13. The second-order valence-corrected chi connectivity index (χ2v) is 8.74. The van der Waals surface area contributed by atoms with Gasteiger partial charge in [0.2, 0.25) is 5.90 Å². The Kier molecular flexibility index (Phi) is 8.23. The molecule has 36 heavy (non-hydrogen) atoms. The highest BCUT2D eigenvalue weighted by atomic mass is 16.5. The van der Waals surface area contributed by atoms with Gasteiger partial charge in [-0.2, -0.15) is 0 Å². The first kappa shape index (κ1) is 25.3. The number of aliphatic hydroxyl groups is 1. The molecule has 2 N–H and O–H groups in total. The molecular weight excluding hydrogens is 456 g/mol. The second kappa shape index (κ2) is 11.7. The van der Waals surface area contributed by atoms with Crippen LogP contribution in [0, 0.1) is 0 Å². The molecular formula is C29H32N2O5. The number of hydrogen-bond donors (Lipinski definition) is 2. The Morgan fingerprint density at radius 3 is 2.36 bits per heavy atom. The first-order valence-corrected chi connectivity index (χ1v) is 12.1. The lowest BCUT2D eigenvalue weighted by molar-refractivity contribution is -0.128. The van der Waals surface area contributed by atoms with Gasteiger partial charge in [0.05, 0.1) is 13.7 Å². The van der Waals surface area contributed by atoms with Gasteiger partial charge in [-0.25, -0.2) is 4.99 Å². The van der Waals surface area contributed by atoms with Crippen LogP contribution in [0.1, 0.15) is 30.0 Å². The number of aliphatic hydroxyl groups excluding tert-OH is 1. The number of amides is 1. The van der Waals surface area contributed by atoms with Crippen molar-refractivity contribution >= 4 is 11.8 Å². The normalized spacial score (nSPS) is 18.8. The summed E-state index contributed by atoms with van der Waals surface area (Å²) in [4.78, 5) is 18.6. The van der Waals surface area contributed by atoms with Gasteiger partial charge in [0.15, 0.2) is 5.54 Å². The van der Waals surface area contributed by atoms with Crippen LogP contribution in [0.3, 0.4) is 0 Å². The SMILES string of the molecule is COc1ccc(CNC(=O)[C@]2(Cc3ccccc3)N=C(c3ccc(OCCCO)cc3)O[C@@H]2C)cc1. The first-order chi connectivity index (χ1) is 17.5. The molecule has 1 heterocycles. The minimum atomic E-state index is -1.11. The quantitative estimate of drug-likeness (QED) is 0.400. The predicted molar refractivity (Wildman–Crippen MR) is 138 cm³/mol. The number of benzene rings is 3. The lowest BCUT2D eigenvalue weighted by Crippen LogP contribution is -2.52. The second-order valence-electron chi connectivity index (χ2n) is 8.74. The van der Waals surface area contributed by atoms with E-state index in [4.69, 9.17) is 24.3 Å². The molecule has 0 spiro atoms. The van der Waals surface area contributed by atoms with Crippen LogP contribution in [0.15, 0.2) is 83.9 Å². The van der Waals surface area contributed by atoms with E-state index in [0.29, 0.717) is 37.6 Å². The van der Waals surface area contributed by atoms with E-state index >= 15 is 0 Å². The number of methoxy groups -OCH3 is 1. The summed E-state index contributed by atoms with van der Waals surface area (Å²) in [6, 6.07) is 24.9. The average Bonchev–Trinajstić information content (AvgIpc) is 3.25. The fourth-order valence-electron chi connectivity index (χ4n) is 4.13. The monoisotopic (exact) mass is 488 g/mol. The van der Waals surface area contributed by atoms with E-state index in [1.807, 2.05) is 85.8 Å². The van der Waals surface area contributed by atoms with E-state index in [9.17, 15) is 4.79 Å². The van der Waals surface area contributed by atoms with Crippen LogP contribution in [0.25, 0.3) is 0 Å². The van der Waals surface area contributed by atoms with Crippen molar-refractivity contribution in [3.8, 4) is 11.5 Å². The van der Waals surface area contributed by atoms with Gasteiger partial charge >= 0.3 is 0 Å². The molecule has 0 saturated heterocycles. The minimum absolute atomic E-state index is 0.0879. The maximum absolute atomic E-state index is 13.7. The third-order valence-corrected chi connectivity index (χ3v) is 6.26. The Morgan fingerprint density at radius 1 is 1.00 bits per heavy atom. The van der Waals surface area contributed by atoms with Crippen molar-refractivity contribution in [3.05, 3.63) is 95.6 Å². The molecule has 0 aromatic heterocycles. The number of carbonyl (C=O) groups excluding carboxylic acids is 1. The topological polar surface area (TPSA) is 89.4 Å². The van der Waals surface area contributed by atoms with Crippen LogP contribution in [0.5, 0.6) is 11.5 Å². The molecule has 0 aliphatic carbocycles. The maximum atomic E-state index is 13.7. The van der Waals surface area contributed by atoms with E-state index in [-0.39, 0.29) is 12.5 Å². The zero-order valence-electron chi connectivity index (χ0n) is 20.6. The molecule has 0 saturated carbocycles. The van der Waals surface area contributed by atoms with Gasteiger partial charge in [-0.15, -0.1) is 0 Å². The number of nitrogens with one attached hydrogen (secondary N) is 1. The van der Waals surface area contributed by atoms with Crippen molar-refractivity contribution in [2.24, 2.45) is 4.99 Å². The summed E-state index contributed by atoms with van der Waals surface area (Å²) in [6.45, 7) is 2.79. The number of rotatable bonds is 11. The Bertz CT molecular complexity index is 1160. The van der Waals surface area contributed by atoms with Gasteiger partial charge in [-0.05, 0) is 54.4 Å². The molecule has 0 unspecified atom stereocenters. The lowest BCUT2D eigenvalue weighted by Gasteiger charge is -2.28. The molecule has 1 aliphatic rings. The van der Waals surface area contributed by atoms with Crippen LogP contribution in [-0.4, -0.2) is 48.9 Å². The molecule has 7 nitrogen and oxygen atoms in total. The van der Waals surface area contributed by atoms with Gasteiger partial charge < -0.3 is 24.6 Å². The fraction of sp³-hybridized carbons (Fsp3) is 0.310. The van der Waals surface area contributed by atoms with Crippen LogP contribution in [0.2, 0.25) is 0 Å². The Hall–Kier alpha value is -3.84. The Balaban J connectivity index is 1.57. The Morgan fingerprint density at radius 2 is 1.69 bits per heavy atom. The molecule has 1 amide bonds. The van der Waals surface area contributed by atoms with E-state index < -0.39 is 11.6 Å². The summed E-state index contributed by atoms with van der Waals surface area (Å²) >= 11 is 0. The van der Waals surface area contributed by atoms with E-state index in [1.54, 1.807) is 7.11 Å². The van der Waals surface area contributed by atoms with Crippen LogP contribution < -0.4 is 14.8 Å². The maximum Gasteiger partial charge on any atom is 0.252 e. The third-order valence-electron chi connectivity index (χ3n) is 6.26. The largest absolute Gasteiger partial charge is 0.497 e. The average molecular weight is 489 g/mol. The third kappa shape index (κ3) is 5.86. The molecule has 0 bridgehead atoms. The summed E-state index contributed by atoms with van der Waals surface area (Å²) in [5, 5.41) is 12.0. The molecule has 0 fully saturated rings. The highest BCUT2D eigenvalue weighted by Gasteiger charge is 2.50. The van der Waals surface area contributed by atoms with Crippen molar-refractivity contribution < 1.29 is 24.1 Å². The molecule has 3 aromatic rings. The van der Waals surface area contributed by atoms with E-state index in [0.717, 1.165) is 22.4 Å². The zero-order valence-corrected chi connectivity index (χ0v) is 20.6. The summed E-state index contributed by atoms with van der Waals surface area (Å²) < 4.78 is 17.0. The Labute approximate surface area is 211 Å². The van der Waals surface area contributed by atoms with Crippen molar-refractivity contribution in [2.45, 2.75) is 38.0 Å². The highest BCUT2D eigenvalue weighted by Crippen LogP contribution is 2.33. The number of nitrogens with zero attached hydrogens (tertiary/aromatic N) is 1. The summed E-state index contributed by atoms with van der Waals surface area (Å²) in [7, 11) is 1.62. The van der Waals surface area contributed by atoms with E-state index in [2.05, 4.69) is 5.32 Å². The molecule has 7 heteroatoms. The summed E-state index contributed by atoms with van der Waals surface area (Å²) in [5.74, 6) is 1.71. The van der Waals surface area contributed by atoms with Crippen molar-refractivity contribution in [3.63, 3.8) is 0 Å². The smallest absolute Gasteiger partial charge is 0.252 e. The molecule has 0 radical (unpaired) electrons. The number of aliphatic imine (C=N–C) groups is 1. The molecule has 2 atom stereocenters. The van der Waals surface area contributed by atoms with Gasteiger partial charge in [-0.1, -0.05) is 42.5 Å². The first-order valence-electron chi connectivity index (χ1n) is 12.1. The summed E-state index contributed by atoms with van der Waals surface area (Å²) in [6.07, 6.45) is 0.516.